The molecule has 0 aliphatic carbocycles. The lowest BCUT2D eigenvalue weighted by Gasteiger charge is -2.01. The molecular formula is C8H11NO2S. The molecule has 0 bridgehead atoms. The Morgan fingerprint density at radius 1 is 1.33 bits per heavy atom. The van der Waals surface area contributed by atoms with Crippen LogP contribution in [0.1, 0.15) is 0 Å². The van der Waals surface area contributed by atoms with Crippen LogP contribution >= 0.6 is 0 Å². The fourth-order valence-corrected chi connectivity index (χ4v) is 1.55. The quantitative estimate of drug-likeness (QED) is 0.751. The lowest BCUT2D eigenvalue weighted by atomic mass is 10.3. The smallest absolute Gasteiger partial charge is 0.175 e. The van der Waals surface area contributed by atoms with E-state index in [9.17, 15) is 8.42 Å². The lowest BCUT2D eigenvalue weighted by Crippen LogP contribution is -1.97. The first-order valence-electron chi connectivity index (χ1n) is 3.52. The molecule has 0 radical (unpaired) electrons. The van der Waals surface area contributed by atoms with Gasteiger partial charge in [0.05, 0.1) is 4.90 Å². The molecule has 4 heteroatoms. The van der Waals surface area contributed by atoms with Crippen LogP contribution < -0.4 is 5.32 Å². The van der Waals surface area contributed by atoms with Crippen molar-refractivity contribution < 1.29 is 8.42 Å². The Morgan fingerprint density at radius 3 is 2.50 bits per heavy atom. The molecule has 0 spiro atoms. The van der Waals surface area contributed by atoms with Gasteiger partial charge in [0.15, 0.2) is 9.84 Å². The van der Waals surface area contributed by atoms with Crippen LogP contribution in [-0.2, 0) is 9.84 Å². The van der Waals surface area contributed by atoms with Crippen LogP contribution in [0.15, 0.2) is 29.2 Å². The summed E-state index contributed by atoms with van der Waals surface area (Å²) in [5, 5.41) is 2.88. The van der Waals surface area contributed by atoms with E-state index >= 15 is 0 Å². The van der Waals surface area contributed by atoms with E-state index in [4.69, 9.17) is 0 Å². The van der Waals surface area contributed by atoms with E-state index in [-0.39, 0.29) is 0 Å². The highest BCUT2D eigenvalue weighted by Crippen LogP contribution is 2.14. The molecular weight excluding hydrogens is 174 g/mol. The molecule has 0 amide bonds. The topological polar surface area (TPSA) is 46.2 Å². The van der Waals surface area contributed by atoms with E-state index in [2.05, 4.69) is 5.32 Å². The molecule has 0 fully saturated rings. The Hall–Kier alpha value is -1.03. The summed E-state index contributed by atoms with van der Waals surface area (Å²) in [5.74, 6) is 0. The number of benzene rings is 1. The second-order valence-electron chi connectivity index (χ2n) is 2.55. The molecule has 0 aliphatic heterocycles. The summed E-state index contributed by atoms with van der Waals surface area (Å²) in [7, 11) is -1.32. The van der Waals surface area contributed by atoms with Crippen LogP contribution in [0.2, 0.25) is 0 Å². The van der Waals surface area contributed by atoms with Gasteiger partial charge in [0.2, 0.25) is 0 Å². The van der Waals surface area contributed by atoms with Crippen molar-refractivity contribution in [2.45, 2.75) is 4.90 Å². The number of hydrogen-bond donors (Lipinski definition) is 1. The van der Waals surface area contributed by atoms with Gasteiger partial charge < -0.3 is 5.32 Å². The van der Waals surface area contributed by atoms with E-state index in [1.807, 2.05) is 6.07 Å². The fraction of sp³-hybridized carbons (Fsp3) is 0.250. The highest BCUT2D eigenvalue weighted by Gasteiger charge is 2.05. The molecule has 1 aromatic rings. The van der Waals surface area contributed by atoms with Crippen LogP contribution in [0.25, 0.3) is 0 Å². The van der Waals surface area contributed by atoms with Crippen molar-refractivity contribution in [1.82, 2.24) is 0 Å². The zero-order chi connectivity index (χ0) is 9.19. The Bertz CT molecular complexity index is 370. The van der Waals surface area contributed by atoms with Crippen molar-refractivity contribution in [1.29, 1.82) is 0 Å². The van der Waals surface area contributed by atoms with Crippen molar-refractivity contribution in [2.24, 2.45) is 0 Å². The molecule has 66 valence electrons. The third-order valence-corrected chi connectivity index (χ3v) is 2.66. The lowest BCUT2D eigenvalue weighted by molar-refractivity contribution is 0.602. The summed E-state index contributed by atoms with van der Waals surface area (Å²) in [6.07, 6.45) is 1.20. The Balaban J connectivity index is 3.20. The van der Waals surface area contributed by atoms with Gasteiger partial charge in [0, 0.05) is 19.0 Å². The minimum Gasteiger partial charge on any atom is -0.388 e. The maximum atomic E-state index is 11.1. The third-order valence-electron chi connectivity index (χ3n) is 1.55. The van der Waals surface area contributed by atoms with Crippen molar-refractivity contribution >= 4 is 15.5 Å². The van der Waals surface area contributed by atoms with Gasteiger partial charge in [-0.2, -0.15) is 0 Å². The van der Waals surface area contributed by atoms with Gasteiger partial charge in [-0.1, -0.05) is 6.07 Å². The normalized spacial score (nSPS) is 11.2. The number of sulfone groups is 1. The van der Waals surface area contributed by atoms with Crippen molar-refractivity contribution in [3.05, 3.63) is 24.3 Å². The molecule has 12 heavy (non-hydrogen) atoms. The second kappa shape index (κ2) is 3.15. The van der Waals surface area contributed by atoms with E-state index in [1.54, 1.807) is 25.2 Å². The van der Waals surface area contributed by atoms with Crippen LogP contribution in [0, 0.1) is 0 Å². The summed E-state index contributed by atoms with van der Waals surface area (Å²) < 4.78 is 22.1. The average molecular weight is 185 g/mol. The zero-order valence-corrected chi connectivity index (χ0v) is 7.85. The number of nitrogens with one attached hydrogen (secondary N) is 1. The standard InChI is InChI=1S/C8H11NO2S/c1-9-7-4-3-5-8(6-7)12(2,10)11/h3-6,9H,1-2H3. The van der Waals surface area contributed by atoms with Crippen LogP contribution in [0.5, 0.6) is 0 Å². The Kier molecular flexibility index (Phi) is 2.38. The first-order valence-corrected chi connectivity index (χ1v) is 5.41. The molecule has 1 N–H and O–H groups in total. The fourth-order valence-electron chi connectivity index (χ4n) is 0.882. The minimum absolute atomic E-state index is 0.342. The number of anilines is 1. The van der Waals surface area contributed by atoms with E-state index < -0.39 is 9.84 Å². The Labute approximate surface area is 72.3 Å². The van der Waals surface area contributed by atoms with E-state index in [1.165, 1.54) is 6.26 Å². The molecule has 0 atom stereocenters. The predicted octanol–water partition coefficient (Wildman–Crippen LogP) is 1.13. The summed E-state index contributed by atoms with van der Waals surface area (Å²) in [5.41, 5.74) is 0.804. The SMILES string of the molecule is CNc1cccc(S(C)(=O)=O)c1. The van der Waals surface area contributed by atoms with Gasteiger partial charge in [0.25, 0.3) is 0 Å². The van der Waals surface area contributed by atoms with E-state index in [0.717, 1.165) is 5.69 Å². The first-order chi connectivity index (χ1) is 5.54. The maximum absolute atomic E-state index is 11.1. The summed E-state index contributed by atoms with van der Waals surface area (Å²) in [6.45, 7) is 0. The monoisotopic (exact) mass is 185 g/mol. The van der Waals surface area contributed by atoms with Gasteiger partial charge >= 0.3 is 0 Å². The highest BCUT2D eigenvalue weighted by atomic mass is 32.2. The molecule has 0 heterocycles. The van der Waals surface area contributed by atoms with Crippen LogP contribution in [-0.4, -0.2) is 21.7 Å². The average Bonchev–Trinajstić information content (AvgIpc) is 2.03. The number of hydrogen-bond acceptors (Lipinski definition) is 3. The van der Waals surface area contributed by atoms with Crippen molar-refractivity contribution in [2.75, 3.05) is 18.6 Å². The summed E-state index contributed by atoms with van der Waals surface area (Å²) >= 11 is 0. The molecule has 0 saturated carbocycles. The largest absolute Gasteiger partial charge is 0.388 e. The second-order valence-corrected chi connectivity index (χ2v) is 4.57. The minimum atomic E-state index is -3.08. The van der Waals surface area contributed by atoms with E-state index in [0.29, 0.717) is 4.90 Å². The summed E-state index contributed by atoms with van der Waals surface area (Å²) in [4.78, 5) is 0.342. The Morgan fingerprint density at radius 2 is 2.00 bits per heavy atom. The molecule has 0 unspecified atom stereocenters. The van der Waals surface area contributed by atoms with Crippen molar-refractivity contribution in [3.63, 3.8) is 0 Å². The molecule has 0 aliphatic rings. The molecule has 3 nitrogen and oxygen atoms in total. The number of rotatable bonds is 2. The summed E-state index contributed by atoms with van der Waals surface area (Å²) in [6, 6.07) is 6.71. The zero-order valence-electron chi connectivity index (χ0n) is 7.03. The van der Waals surface area contributed by atoms with Gasteiger partial charge in [-0.15, -0.1) is 0 Å². The van der Waals surface area contributed by atoms with Gasteiger partial charge in [-0.05, 0) is 18.2 Å². The predicted molar refractivity (Wildman–Crippen MR) is 49.1 cm³/mol. The highest BCUT2D eigenvalue weighted by molar-refractivity contribution is 7.90. The van der Waals surface area contributed by atoms with Gasteiger partial charge in [-0.3, -0.25) is 0 Å². The van der Waals surface area contributed by atoms with Crippen LogP contribution in [0.3, 0.4) is 0 Å². The van der Waals surface area contributed by atoms with Gasteiger partial charge in [-0.25, -0.2) is 8.42 Å². The molecule has 1 aromatic carbocycles. The molecule has 1 rings (SSSR count). The van der Waals surface area contributed by atoms with Crippen molar-refractivity contribution in [3.8, 4) is 0 Å². The first kappa shape index (κ1) is 9.06. The third kappa shape index (κ3) is 1.98. The maximum Gasteiger partial charge on any atom is 0.175 e. The molecule has 0 aromatic heterocycles. The van der Waals surface area contributed by atoms with Crippen LogP contribution in [0.4, 0.5) is 5.69 Å². The molecule has 0 saturated heterocycles. The van der Waals surface area contributed by atoms with Gasteiger partial charge in [0.1, 0.15) is 0 Å².